The summed E-state index contributed by atoms with van der Waals surface area (Å²) < 4.78 is 5.33. The Bertz CT molecular complexity index is 741. The SMILES string of the molecule is CC(=O)OCC1(CC(=O)N2CCCC2)CCCN1C(=O)c1sc(C)nc1C. The average Bonchev–Trinajstić information content (AvgIpc) is 3.33. The zero-order valence-corrected chi connectivity index (χ0v) is 17.1. The summed E-state index contributed by atoms with van der Waals surface area (Å²) in [6.07, 6.45) is 3.68. The maximum absolute atomic E-state index is 13.3. The minimum atomic E-state index is -0.771. The molecule has 148 valence electrons. The summed E-state index contributed by atoms with van der Waals surface area (Å²) in [6, 6.07) is 0. The van der Waals surface area contributed by atoms with Gasteiger partial charge in [-0.1, -0.05) is 0 Å². The van der Waals surface area contributed by atoms with E-state index < -0.39 is 11.5 Å². The van der Waals surface area contributed by atoms with Crippen LogP contribution < -0.4 is 0 Å². The highest BCUT2D eigenvalue weighted by Crippen LogP contribution is 2.36. The van der Waals surface area contributed by atoms with Gasteiger partial charge in [0.25, 0.3) is 5.91 Å². The van der Waals surface area contributed by atoms with Crippen molar-refractivity contribution in [3.8, 4) is 0 Å². The molecule has 0 bridgehead atoms. The molecule has 8 heteroatoms. The molecular weight excluding hydrogens is 366 g/mol. The quantitative estimate of drug-likeness (QED) is 0.717. The van der Waals surface area contributed by atoms with E-state index in [1.807, 2.05) is 18.7 Å². The van der Waals surface area contributed by atoms with Gasteiger partial charge in [-0.05, 0) is 39.5 Å². The van der Waals surface area contributed by atoms with E-state index in [1.165, 1.54) is 18.3 Å². The Labute approximate surface area is 163 Å². The zero-order chi connectivity index (χ0) is 19.6. The first kappa shape index (κ1) is 19.8. The van der Waals surface area contributed by atoms with Crippen LogP contribution in [0.5, 0.6) is 0 Å². The Hall–Kier alpha value is -1.96. The molecule has 0 radical (unpaired) electrons. The molecule has 0 N–H and O–H groups in total. The van der Waals surface area contributed by atoms with Crippen LogP contribution in [0.25, 0.3) is 0 Å². The number of likely N-dealkylation sites (tertiary alicyclic amines) is 2. The maximum atomic E-state index is 13.3. The van der Waals surface area contributed by atoms with Crippen molar-refractivity contribution in [2.24, 2.45) is 0 Å². The van der Waals surface area contributed by atoms with Gasteiger partial charge < -0.3 is 14.5 Å². The van der Waals surface area contributed by atoms with Gasteiger partial charge in [-0.3, -0.25) is 14.4 Å². The molecule has 1 unspecified atom stereocenters. The molecule has 1 atom stereocenters. The third-order valence-corrected chi connectivity index (χ3v) is 6.48. The maximum Gasteiger partial charge on any atom is 0.302 e. The van der Waals surface area contributed by atoms with Crippen LogP contribution in [0, 0.1) is 13.8 Å². The van der Waals surface area contributed by atoms with Crippen molar-refractivity contribution in [2.75, 3.05) is 26.2 Å². The predicted octanol–water partition coefficient (Wildman–Crippen LogP) is 2.31. The van der Waals surface area contributed by atoms with Gasteiger partial charge in [0.05, 0.1) is 22.7 Å². The van der Waals surface area contributed by atoms with E-state index in [2.05, 4.69) is 4.98 Å². The van der Waals surface area contributed by atoms with Crippen LogP contribution in [0.15, 0.2) is 0 Å². The molecule has 2 aliphatic rings. The van der Waals surface area contributed by atoms with E-state index in [1.54, 1.807) is 4.90 Å². The van der Waals surface area contributed by atoms with Gasteiger partial charge in [-0.2, -0.15) is 0 Å². The summed E-state index contributed by atoms with van der Waals surface area (Å²) in [4.78, 5) is 46.2. The summed E-state index contributed by atoms with van der Waals surface area (Å²) in [7, 11) is 0. The van der Waals surface area contributed by atoms with Crippen molar-refractivity contribution >= 4 is 29.1 Å². The van der Waals surface area contributed by atoms with Gasteiger partial charge in [-0.15, -0.1) is 11.3 Å². The number of nitrogens with zero attached hydrogens (tertiary/aromatic N) is 3. The first-order valence-electron chi connectivity index (χ1n) is 9.49. The van der Waals surface area contributed by atoms with Crippen molar-refractivity contribution in [1.82, 2.24) is 14.8 Å². The number of rotatable bonds is 5. The largest absolute Gasteiger partial charge is 0.463 e. The normalized spacial score (nSPS) is 22.3. The molecule has 7 nitrogen and oxygen atoms in total. The van der Waals surface area contributed by atoms with Gasteiger partial charge in [-0.25, -0.2) is 4.98 Å². The fourth-order valence-electron chi connectivity index (χ4n) is 4.09. The molecule has 2 saturated heterocycles. The number of hydrogen-bond acceptors (Lipinski definition) is 6. The standard InChI is InChI=1S/C19H27N3O4S/c1-13-17(27-14(2)20-13)18(25)22-10-6-7-19(22,12-26-15(3)23)11-16(24)21-8-4-5-9-21/h4-12H2,1-3H3. The lowest BCUT2D eigenvalue weighted by atomic mass is 9.91. The molecule has 3 rings (SSSR count). The third kappa shape index (κ3) is 4.15. The smallest absolute Gasteiger partial charge is 0.302 e. The van der Waals surface area contributed by atoms with Gasteiger partial charge in [0, 0.05) is 26.6 Å². The van der Waals surface area contributed by atoms with Crippen molar-refractivity contribution in [3.63, 3.8) is 0 Å². The fourth-order valence-corrected chi connectivity index (χ4v) is 4.96. The minimum absolute atomic E-state index is 0.0385. The molecule has 0 saturated carbocycles. The van der Waals surface area contributed by atoms with E-state index >= 15 is 0 Å². The number of aryl methyl sites for hydroxylation is 2. The molecule has 2 aliphatic heterocycles. The number of amides is 2. The number of thiazole rings is 1. The fraction of sp³-hybridized carbons (Fsp3) is 0.684. The zero-order valence-electron chi connectivity index (χ0n) is 16.2. The summed E-state index contributed by atoms with van der Waals surface area (Å²) in [5.74, 6) is -0.472. The molecule has 0 aliphatic carbocycles. The van der Waals surface area contributed by atoms with Crippen LogP contribution in [0.1, 0.15) is 59.4 Å². The Morgan fingerprint density at radius 3 is 2.44 bits per heavy atom. The highest BCUT2D eigenvalue weighted by Gasteiger charge is 2.47. The lowest BCUT2D eigenvalue weighted by molar-refractivity contribution is -0.147. The van der Waals surface area contributed by atoms with Crippen LogP contribution in [0.3, 0.4) is 0 Å². The number of carbonyl (C=O) groups is 3. The lowest BCUT2D eigenvalue weighted by Crippen LogP contribution is -2.53. The van der Waals surface area contributed by atoms with Gasteiger partial charge in [0.2, 0.25) is 5.91 Å². The van der Waals surface area contributed by atoms with Gasteiger partial charge in [0.1, 0.15) is 11.5 Å². The molecule has 3 heterocycles. The highest BCUT2D eigenvalue weighted by atomic mass is 32.1. The average molecular weight is 394 g/mol. The molecule has 1 aromatic heterocycles. The number of esters is 1. The van der Waals surface area contributed by atoms with Crippen molar-refractivity contribution in [1.29, 1.82) is 0 Å². The molecule has 1 aromatic rings. The Balaban J connectivity index is 1.87. The molecule has 2 amide bonds. The van der Waals surface area contributed by atoms with Crippen LogP contribution in [0.4, 0.5) is 0 Å². The number of aromatic nitrogens is 1. The molecular formula is C19H27N3O4S. The molecule has 27 heavy (non-hydrogen) atoms. The second-order valence-electron chi connectivity index (χ2n) is 7.48. The van der Waals surface area contributed by atoms with E-state index in [4.69, 9.17) is 4.74 Å². The Kier molecular flexibility index (Phi) is 5.83. The van der Waals surface area contributed by atoms with Crippen molar-refractivity contribution < 1.29 is 19.1 Å². The van der Waals surface area contributed by atoms with Crippen LogP contribution in [-0.4, -0.2) is 64.3 Å². The number of hydrogen-bond donors (Lipinski definition) is 0. The van der Waals surface area contributed by atoms with E-state index in [0.717, 1.165) is 37.4 Å². The first-order chi connectivity index (χ1) is 12.8. The highest BCUT2D eigenvalue weighted by molar-refractivity contribution is 7.13. The van der Waals surface area contributed by atoms with E-state index in [0.29, 0.717) is 23.5 Å². The molecule has 0 spiro atoms. The Morgan fingerprint density at radius 1 is 1.15 bits per heavy atom. The van der Waals surface area contributed by atoms with E-state index in [9.17, 15) is 14.4 Å². The monoisotopic (exact) mass is 393 g/mol. The third-order valence-electron chi connectivity index (χ3n) is 5.42. The summed E-state index contributed by atoms with van der Waals surface area (Å²) in [6.45, 7) is 7.21. The molecule has 2 fully saturated rings. The van der Waals surface area contributed by atoms with Crippen LogP contribution in [0.2, 0.25) is 0 Å². The van der Waals surface area contributed by atoms with Crippen LogP contribution >= 0.6 is 11.3 Å². The number of ether oxygens (including phenoxy) is 1. The van der Waals surface area contributed by atoms with Crippen LogP contribution in [-0.2, 0) is 14.3 Å². The first-order valence-corrected chi connectivity index (χ1v) is 10.3. The summed E-state index contributed by atoms with van der Waals surface area (Å²) >= 11 is 1.37. The second kappa shape index (κ2) is 7.96. The number of carbonyl (C=O) groups excluding carboxylic acids is 3. The summed E-state index contributed by atoms with van der Waals surface area (Å²) in [5, 5.41) is 0.841. The van der Waals surface area contributed by atoms with E-state index in [-0.39, 0.29) is 24.8 Å². The summed E-state index contributed by atoms with van der Waals surface area (Å²) in [5.41, 5.74) is -0.0612. The lowest BCUT2D eigenvalue weighted by Gasteiger charge is -2.38. The van der Waals surface area contributed by atoms with Crippen molar-refractivity contribution in [3.05, 3.63) is 15.6 Å². The topological polar surface area (TPSA) is 79.8 Å². The second-order valence-corrected chi connectivity index (χ2v) is 8.68. The Morgan fingerprint density at radius 2 is 1.85 bits per heavy atom. The predicted molar refractivity (Wildman–Crippen MR) is 102 cm³/mol. The van der Waals surface area contributed by atoms with Crippen molar-refractivity contribution in [2.45, 2.75) is 58.4 Å². The molecule has 0 aromatic carbocycles. The van der Waals surface area contributed by atoms with Gasteiger partial charge >= 0.3 is 5.97 Å². The minimum Gasteiger partial charge on any atom is -0.463 e. The van der Waals surface area contributed by atoms with Gasteiger partial charge in [0.15, 0.2) is 0 Å².